The smallest absolute Gasteiger partial charge is 0.0263 e. The first-order valence-corrected chi connectivity index (χ1v) is 8.82. The Balaban J connectivity index is 1.63. The molecule has 3 atom stereocenters. The van der Waals surface area contributed by atoms with Gasteiger partial charge >= 0.3 is 0 Å². The summed E-state index contributed by atoms with van der Waals surface area (Å²) in [5, 5.41) is 1.88. The Bertz CT molecular complexity index is 398. The zero-order chi connectivity index (χ0) is 12.5. The molecule has 0 saturated carbocycles. The normalized spacial score (nSPS) is 31.8. The van der Waals surface area contributed by atoms with Crippen molar-refractivity contribution in [1.82, 2.24) is 4.90 Å². The van der Waals surface area contributed by atoms with Crippen molar-refractivity contribution >= 4 is 27.7 Å². The summed E-state index contributed by atoms with van der Waals surface area (Å²) >= 11 is 5.77. The molecule has 0 amide bonds. The van der Waals surface area contributed by atoms with Crippen LogP contribution in [0.3, 0.4) is 0 Å². The average molecular weight is 326 g/mol. The third kappa shape index (κ3) is 2.50. The Morgan fingerprint density at radius 3 is 3.00 bits per heavy atom. The fourth-order valence-corrected chi connectivity index (χ4v) is 5.58. The highest BCUT2D eigenvalue weighted by molar-refractivity contribution is 9.09. The number of alkyl halides is 1. The maximum Gasteiger partial charge on any atom is 0.0263 e. The van der Waals surface area contributed by atoms with Crippen LogP contribution in [0.1, 0.15) is 18.9 Å². The van der Waals surface area contributed by atoms with Crippen molar-refractivity contribution in [1.29, 1.82) is 0 Å². The van der Waals surface area contributed by atoms with Gasteiger partial charge in [-0.1, -0.05) is 41.1 Å². The third-order valence-corrected chi connectivity index (χ3v) is 6.27. The largest absolute Gasteiger partial charge is 0.298 e. The summed E-state index contributed by atoms with van der Waals surface area (Å²) in [7, 11) is 0. The van der Waals surface area contributed by atoms with E-state index in [2.05, 4.69) is 63.8 Å². The highest BCUT2D eigenvalue weighted by Gasteiger charge is 2.33. The summed E-state index contributed by atoms with van der Waals surface area (Å²) in [5.41, 5.74) is 1.55. The van der Waals surface area contributed by atoms with E-state index in [9.17, 15) is 0 Å². The molecule has 2 heterocycles. The quantitative estimate of drug-likeness (QED) is 0.777. The lowest BCUT2D eigenvalue weighted by Crippen LogP contribution is -2.38. The van der Waals surface area contributed by atoms with Gasteiger partial charge in [0.2, 0.25) is 0 Å². The van der Waals surface area contributed by atoms with Crippen LogP contribution in [0.2, 0.25) is 0 Å². The fraction of sp³-hybridized carbons (Fsp3) is 0.600. The van der Waals surface area contributed by atoms with Gasteiger partial charge in [-0.2, -0.15) is 0 Å². The number of nitrogens with zero attached hydrogens (tertiary/aromatic N) is 1. The minimum Gasteiger partial charge on any atom is -0.298 e. The molecule has 98 valence electrons. The van der Waals surface area contributed by atoms with E-state index in [1.54, 1.807) is 5.56 Å². The van der Waals surface area contributed by atoms with Crippen molar-refractivity contribution in [2.45, 2.75) is 36.0 Å². The van der Waals surface area contributed by atoms with Crippen LogP contribution in [0.4, 0.5) is 0 Å². The van der Waals surface area contributed by atoms with Gasteiger partial charge in [-0.25, -0.2) is 0 Å². The van der Waals surface area contributed by atoms with Gasteiger partial charge in [0.25, 0.3) is 0 Å². The Labute approximate surface area is 122 Å². The topological polar surface area (TPSA) is 3.24 Å². The first kappa shape index (κ1) is 13.0. The maximum atomic E-state index is 3.69. The number of rotatable bonds is 3. The molecule has 0 spiro atoms. The molecular formula is C15H20BrNS. The van der Waals surface area contributed by atoms with Crippen molar-refractivity contribution in [3.8, 4) is 0 Å². The fourth-order valence-electron chi connectivity index (χ4n) is 3.18. The Hall–Kier alpha value is 0.01000. The Morgan fingerprint density at radius 1 is 1.39 bits per heavy atom. The summed E-state index contributed by atoms with van der Waals surface area (Å²) in [6, 6.07) is 9.63. The Morgan fingerprint density at radius 2 is 2.22 bits per heavy atom. The number of hydrogen-bond acceptors (Lipinski definition) is 2. The van der Waals surface area contributed by atoms with E-state index in [-0.39, 0.29) is 0 Å². The highest BCUT2D eigenvalue weighted by Crippen LogP contribution is 2.38. The molecule has 3 rings (SSSR count). The second kappa shape index (κ2) is 5.56. The SMILES string of the molecule is CC1CCN(CC2Cc3ccccc3S2)C1CBr. The summed E-state index contributed by atoms with van der Waals surface area (Å²) in [6.45, 7) is 4.92. The van der Waals surface area contributed by atoms with E-state index >= 15 is 0 Å². The molecule has 1 nitrogen and oxygen atoms in total. The molecule has 2 aliphatic heterocycles. The van der Waals surface area contributed by atoms with Gasteiger partial charge in [-0.05, 0) is 36.9 Å². The zero-order valence-electron chi connectivity index (χ0n) is 10.8. The van der Waals surface area contributed by atoms with Crippen LogP contribution >= 0.6 is 27.7 Å². The van der Waals surface area contributed by atoms with Gasteiger partial charge in [0.15, 0.2) is 0 Å². The van der Waals surface area contributed by atoms with Crippen LogP contribution in [0.15, 0.2) is 29.2 Å². The lowest BCUT2D eigenvalue weighted by molar-refractivity contribution is 0.253. The van der Waals surface area contributed by atoms with Crippen molar-refractivity contribution in [2.75, 3.05) is 18.4 Å². The molecule has 0 bridgehead atoms. The number of likely N-dealkylation sites (tertiary alicyclic amines) is 1. The molecule has 2 aliphatic rings. The summed E-state index contributed by atoms with van der Waals surface area (Å²) < 4.78 is 0. The van der Waals surface area contributed by atoms with Crippen molar-refractivity contribution in [3.63, 3.8) is 0 Å². The van der Waals surface area contributed by atoms with Gasteiger partial charge in [-0.3, -0.25) is 4.90 Å². The predicted molar refractivity (Wildman–Crippen MR) is 82.7 cm³/mol. The molecule has 1 aromatic carbocycles. The van der Waals surface area contributed by atoms with Crippen LogP contribution in [0.5, 0.6) is 0 Å². The van der Waals surface area contributed by atoms with Gasteiger partial charge in [0.1, 0.15) is 0 Å². The minimum absolute atomic E-state index is 0.745. The van der Waals surface area contributed by atoms with Crippen LogP contribution in [0, 0.1) is 5.92 Å². The van der Waals surface area contributed by atoms with Crippen LogP contribution in [-0.2, 0) is 6.42 Å². The molecule has 3 unspecified atom stereocenters. The molecule has 1 fully saturated rings. The van der Waals surface area contributed by atoms with E-state index in [4.69, 9.17) is 0 Å². The third-order valence-electron chi connectivity index (χ3n) is 4.31. The highest BCUT2D eigenvalue weighted by atomic mass is 79.9. The van der Waals surface area contributed by atoms with Gasteiger partial charge < -0.3 is 0 Å². The molecule has 0 aromatic heterocycles. The standard InChI is InChI=1S/C15H20BrNS/c1-11-6-7-17(14(11)9-16)10-13-8-12-4-2-3-5-15(12)18-13/h2-5,11,13-14H,6-10H2,1H3. The molecule has 3 heteroatoms. The first-order chi connectivity index (χ1) is 8.78. The Kier molecular flexibility index (Phi) is 4.02. The molecule has 1 saturated heterocycles. The van der Waals surface area contributed by atoms with Crippen LogP contribution < -0.4 is 0 Å². The second-order valence-corrected chi connectivity index (χ2v) is 7.52. The second-order valence-electron chi connectivity index (χ2n) is 5.53. The van der Waals surface area contributed by atoms with Gasteiger partial charge in [0.05, 0.1) is 0 Å². The van der Waals surface area contributed by atoms with E-state index in [0.29, 0.717) is 0 Å². The van der Waals surface area contributed by atoms with Crippen molar-refractivity contribution in [3.05, 3.63) is 29.8 Å². The van der Waals surface area contributed by atoms with Crippen molar-refractivity contribution in [2.24, 2.45) is 5.92 Å². The zero-order valence-corrected chi connectivity index (χ0v) is 13.2. The number of hydrogen-bond donors (Lipinski definition) is 0. The van der Waals surface area contributed by atoms with Gasteiger partial charge in [-0.15, -0.1) is 11.8 Å². The molecule has 18 heavy (non-hydrogen) atoms. The van der Waals surface area contributed by atoms with E-state index < -0.39 is 0 Å². The molecular weight excluding hydrogens is 306 g/mol. The maximum absolute atomic E-state index is 3.69. The molecule has 0 aliphatic carbocycles. The number of thioether (sulfide) groups is 1. The van der Waals surface area contributed by atoms with Crippen LogP contribution in [-0.4, -0.2) is 34.6 Å². The summed E-state index contributed by atoms with van der Waals surface area (Å²) in [5.74, 6) is 0.846. The van der Waals surface area contributed by atoms with Gasteiger partial charge in [0, 0.05) is 28.1 Å². The first-order valence-electron chi connectivity index (χ1n) is 6.82. The lowest BCUT2D eigenvalue weighted by atomic mass is 10.0. The molecule has 0 N–H and O–H groups in total. The summed E-state index contributed by atoms with van der Waals surface area (Å²) in [6.07, 6.45) is 2.61. The number of halogens is 1. The van der Waals surface area contributed by atoms with E-state index in [1.807, 2.05) is 0 Å². The lowest BCUT2D eigenvalue weighted by Gasteiger charge is -2.27. The average Bonchev–Trinajstić information content (AvgIpc) is 2.93. The monoisotopic (exact) mass is 325 g/mol. The molecule has 1 aromatic rings. The number of benzene rings is 1. The van der Waals surface area contributed by atoms with Crippen molar-refractivity contribution < 1.29 is 0 Å². The van der Waals surface area contributed by atoms with E-state index in [0.717, 1.165) is 22.5 Å². The van der Waals surface area contributed by atoms with E-state index in [1.165, 1.54) is 30.8 Å². The number of fused-ring (bicyclic) bond motifs is 1. The predicted octanol–water partition coefficient (Wildman–Crippen LogP) is 3.81. The van der Waals surface area contributed by atoms with Crippen LogP contribution in [0.25, 0.3) is 0 Å². The molecule has 0 radical (unpaired) electrons. The minimum atomic E-state index is 0.745. The summed E-state index contributed by atoms with van der Waals surface area (Å²) in [4.78, 5) is 4.20.